The fourth-order valence-corrected chi connectivity index (χ4v) is 5.80. The lowest BCUT2D eigenvalue weighted by Crippen LogP contribution is -2.40. The third kappa shape index (κ3) is 2.45. The number of halogens is 3. The molecule has 0 bridgehead atoms. The standard InChI is InChI=1S/C23H15F3N2O3S/c24-23(25,26)19-6-5-13(31-19)12-28-16-4-2-1-3-15(16)22(21(28)30)8-9-27-18(22)11-17-14(20(27)29)7-10-32-17/h1-7,10-11H,8-9,12H2. The molecule has 1 amide bonds. The quantitative estimate of drug-likeness (QED) is 0.431. The molecule has 0 saturated heterocycles. The first-order chi connectivity index (χ1) is 15.3. The molecule has 0 saturated carbocycles. The minimum Gasteiger partial charge on any atom is -0.455 e. The number of fused-ring (bicyclic) bond motifs is 5. The van der Waals surface area contributed by atoms with E-state index in [0.29, 0.717) is 29.7 Å². The largest absolute Gasteiger partial charge is 0.455 e. The van der Waals surface area contributed by atoms with Crippen LogP contribution >= 0.6 is 11.3 Å². The zero-order valence-electron chi connectivity index (χ0n) is 16.5. The first kappa shape index (κ1) is 19.4. The van der Waals surface area contributed by atoms with E-state index >= 15 is 0 Å². The van der Waals surface area contributed by atoms with Crippen molar-refractivity contribution in [3.05, 3.63) is 87.0 Å². The normalized spacial score (nSPS) is 19.8. The van der Waals surface area contributed by atoms with Crippen LogP contribution in [0.1, 0.15) is 29.2 Å². The maximum absolute atomic E-state index is 13.9. The number of hydrogen-bond acceptors (Lipinski definition) is 4. The van der Waals surface area contributed by atoms with Gasteiger partial charge in [-0.05, 0) is 47.7 Å². The molecule has 32 heavy (non-hydrogen) atoms. The van der Waals surface area contributed by atoms with E-state index in [2.05, 4.69) is 0 Å². The highest BCUT2D eigenvalue weighted by Crippen LogP contribution is 2.51. The molecule has 4 aromatic rings. The minimum absolute atomic E-state index is 0.0432. The van der Waals surface area contributed by atoms with Crippen LogP contribution in [0.3, 0.4) is 0 Å². The smallest absolute Gasteiger partial charge is 0.449 e. The summed E-state index contributed by atoms with van der Waals surface area (Å²) in [7, 11) is 0. The van der Waals surface area contributed by atoms with Gasteiger partial charge in [-0.25, -0.2) is 0 Å². The van der Waals surface area contributed by atoms with E-state index in [4.69, 9.17) is 4.42 Å². The van der Waals surface area contributed by atoms with Crippen molar-refractivity contribution in [3.63, 3.8) is 0 Å². The van der Waals surface area contributed by atoms with Crippen molar-refractivity contribution in [3.8, 4) is 0 Å². The van der Waals surface area contributed by atoms with E-state index in [-0.39, 0.29) is 23.8 Å². The van der Waals surface area contributed by atoms with Crippen molar-refractivity contribution >= 4 is 33.0 Å². The Morgan fingerprint density at radius 1 is 1.09 bits per heavy atom. The number of nitrogens with zero attached hydrogens (tertiary/aromatic N) is 2. The monoisotopic (exact) mass is 456 g/mol. The summed E-state index contributed by atoms with van der Waals surface area (Å²) in [5, 5.41) is 2.47. The van der Waals surface area contributed by atoms with Crippen molar-refractivity contribution in [1.29, 1.82) is 0 Å². The molecule has 2 aliphatic heterocycles. The lowest BCUT2D eigenvalue weighted by atomic mass is 9.77. The molecule has 0 aliphatic carbocycles. The number of amides is 1. The van der Waals surface area contributed by atoms with Gasteiger partial charge in [0, 0.05) is 22.6 Å². The van der Waals surface area contributed by atoms with Crippen LogP contribution in [0.2, 0.25) is 0 Å². The molecule has 9 heteroatoms. The van der Waals surface area contributed by atoms with Crippen LogP contribution in [0, 0.1) is 0 Å². The molecule has 5 heterocycles. The Balaban J connectivity index is 1.50. The zero-order valence-corrected chi connectivity index (χ0v) is 17.3. The average Bonchev–Trinajstić information content (AvgIpc) is 3.53. The lowest BCUT2D eigenvalue weighted by molar-refractivity contribution is -0.153. The highest BCUT2D eigenvalue weighted by Gasteiger charge is 2.56. The molecule has 0 radical (unpaired) electrons. The number of para-hydroxylation sites is 1. The van der Waals surface area contributed by atoms with Crippen LogP contribution in [-0.2, 0) is 29.5 Å². The molecule has 1 atom stereocenters. The first-order valence-corrected chi connectivity index (χ1v) is 10.9. The molecule has 1 unspecified atom stereocenters. The van der Waals surface area contributed by atoms with E-state index in [1.54, 1.807) is 22.8 Å². The van der Waals surface area contributed by atoms with Gasteiger partial charge in [0.2, 0.25) is 11.7 Å². The summed E-state index contributed by atoms with van der Waals surface area (Å²) >= 11 is 1.44. The number of rotatable bonds is 2. The topological polar surface area (TPSA) is 55.5 Å². The highest BCUT2D eigenvalue weighted by atomic mass is 32.1. The maximum Gasteiger partial charge on any atom is 0.449 e. The van der Waals surface area contributed by atoms with Gasteiger partial charge >= 0.3 is 6.18 Å². The van der Waals surface area contributed by atoms with E-state index in [1.807, 2.05) is 23.6 Å². The van der Waals surface area contributed by atoms with Crippen molar-refractivity contribution in [2.75, 3.05) is 4.90 Å². The predicted molar refractivity (Wildman–Crippen MR) is 113 cm³/mol. The predicted octanol–water partition coefficient (Wildman–Crippen LogP) is 4.91. The van der Waals surface area contributed by atoms with Gasteiger partial charge < -0.3 is 13.9 Å². The van der Waals surface area contributed by atoms with E-state index < -0.39 is 17.4 Å². The summed E-state index contributed by atoms with van der Waals surface area (Å²) in [6, 6.07) is 13.0. The molecule has 162 valence electrons. The molecule has 5 nitrogen and oxygen atoms in total. The molecule has 0 fully saturated rings. The molecule has 3 aromatic heterocycles. The van der Waals surface area contributed by atoms with E-state index in [0.717, 1.165) is 16.3 Å². The Labute approximate surface area is 183 Å². The maximum atomic E-state index is 13.9. The van der Waals surface area contributed by atoms with Gasteiger partial charge in [0.1, 0.15) is 11.2 Å². The number of furan rings is 1. The second kappa shape index (κ2) is 6.35. The summed E-state index contributed by atoms with van der Waals surface area (Å²) < 4.78 is 46.4. The Hall–Kier alpha value is -3.33. The number of carbonyl (C=O) groups excluding carboxylic acids is 1. The molecular formula is C23H15F3N2O3S. The number of anilines is 1. The SMILES string of the molecule is O=C1N(Cc2ccc(C(F)(F)F)o2)c2ccccc2C12CCn1c2cc2sccc2c1=O. The van der Waals surface area contributed by atoms with Crippen LogP contribution < -0.4 is 10.5 Å². The number of thiophene rings is 1. The number of hydrogen-bond donors (Lipinski definition) is 0. The van der Waals surface area contributed by atoms with Crippen LogP contribution in [0.25, 0.3) is 10.1 Å². The van der Waals surface area contributed by atoms with Gasteiger partial charge in [-0.2, -0.15) is 13.2 Å². The van der Waals surface area contributed by atoms with Crippen molar-refractivity contribution in [1.82, 2.24) is 4.57 Å². The van der Waals surface area contributed by atoms with Gasteiger partial charge in [0.05, 0.1) is 11.9 Å². The van der Waals surface area contributed by atoms with Crippen LogP contribution in [0.15, 0.2) is 63.1 Å². The Morgan fingerprint density at radius 2 is 1.91 bits per heavy atom. The van der Waals surface area contributed by atoms with E-state index in [1.165, 1.54) is 22.3 Å². The molecule has 1 aromatic carbocycles. The van der Waals surface area contributed by atoms with Crippen molar-refractivity contribution in [2.45, 2.75) is 31.1 Å². The number of alkyl halides is 3. The van der Waals surface area contributed by atoms with Gasteiger partial charge in [0.25, 0.3) is 5.56 Å². The number of pyridine rings is 1. The van der Waals surface area contributed by atoms with Crippen LogP contribution in [-0.4, -0.2) is 10.5 Å². The summed E-state index contributed by atoms with van der Waals surface area (Å²) in [6.07, 6.45) is -4.18. The number of benzene rings is 1. The molecule has 0 N–H and O–H groups in total. The van der Waals surface area contributed by atoms with Gasteiger partial charge in [-0.15, -0.1) is 11.3 Å². The van der Waals surface area contributed by atoms with Crippen molar-refractivity contribution in [2.24, 2.45) is 0 Å². The van der Waals surface area contributed by atoms with Gasteiger partial charge in [0.15, 0.2) is 0 Å². The molecular weight excluding hydrogens is 441 g/mol. The second-order valence-electron chi connectivity index (χ2n) is 8.01. The molecule has 1 spiro atoms. The van der Waals surface area contributed by atoms with Crippen molar-refractivity contribution < 1.29 is 22.4 Å². The Kier molecular flexibility index (Phi) is 3.84. The lowest BCUT2D eigenvalue weighted by Gasteiger charge is -2.24. The van der Waals surface area contributed by atoms with Crippen LogP contribution in [0.5, 0.6) is 0 Å². The highest BCUT2D eigenvalue weighted by molar-refractivity contribution is 7.17. The Bertz CT molecular complexity index is 1470. The average molecular weight is 456 g/mol. The fourth-order valence-electron chi connectivity index (χ4n) is 4.99. The summed E-state index contributed by atoms with van der Waals surface area (Å²) in [5.74, 6) is -1.31. The summed E-state index contributed by atoms with van der Waals surface area (Å²) in [5.41, 5.74) is 0.838. The summed E-state index contributed by atoms with van der Waals surface area (Å²) in [4.78, 5) is 28.4. The van der Waals surface area contributed by atoms with Gasteiger partial charge in [-0.1, -0.05) is 18.2 Å². The van der Waals surface area contributed by atoms with E-state index in [9.17, 15) is 22.8 Å². The Morgan fingerprint density at radius 3 is 2.69 bits per heavy atom. The van der Waals surface area contributed by atoms with Gasteiger partial charge in [-0.3, -0.25) is 9.59 Å². The number of carbonyl (C=O) groups is 1. The third-order valence-electron chi connectivity index (χ3n) is 6.40. The molecule has 2 aliphatic rings. The fraction of sp³-hybridized carbons (Fsp3) is 0.217. The first-order valence-electron chi connectivity index (χ1n) is 9.99. The minimum atomic E-state index is -4.59. The number of aromatic nitrogens is 1. The zero-order chi connectivity index (χ0) is 22.3. The molecule has 6 rings (SSSR count). The van der Waals surface area contributed by atoms with Crippen LogP contribution in [0.4, 0.5) is 18.9 Å². The third-order valence-corrected chi connectivity index (χ3v) is 7.26. The second-order valence-corrected chi connectivity index (χ2v) is 8.96. The summed E-state index contributed by atoms with van der Waals surface area (Å²) in [6.45, 7) is 0.270.